The molecule has 7 nitrogen and oxygen atoms in total. The van der Waals surface area contributed by atoms with E-state index < -0.39 is 0 Å². The van der Waals surface area contributed by atoms with Gasteiger partial charge in [-0.25, -0.2) is 14.2 Å². The Bertz CT molecular complexity index is 944. The van der Waals surface area contributed by atoms with Gasteiger partial charge in [-0.1, -0.05) is 6.07 Å². The van der Waals surface area contributed by atoms with Crippen molar-refractivity contribution in [3.63, 3.8) is 0 Å². The van der Waals surface area contributed by atoms with Crippen LogP contribution in [0.2, 0.25) is 0 Å². The molecule has 2 aliphatic rings. The summed E-state index contributed by atoms with van der Waals surface area (Å²) in [6.07, 6.45) is 3.47. The molecule has 1 aromatic carbocycles. The van der Waals surface area contributed by atoms with Crippen LogP contribution in [0.15, 0.2) is 22.6 Å². The highest BCUT2D eigenvalue weighted by atomic mass is 19.1. The van der Waals surface area contributed by atoms with Crippen molar-refractivity contribution in [1.29, 1.82) is 0 Å². The van der Waals surface area contributed by atoms with Gasteiger partial charge in [0.1, 0.15) is 11.6 Å². The van der Waals surface area contributed by atoms with Crippen LogP contribution in [-0.4, -0.2) is 52.9 Å². The third-order valence-corrected chi connectivity index (χ3v) is 6.05. The molecule has 3 amide bonds. The zero-order valence-corrected chi connectivity index (χ0v) is 17.4. The fourth-order valence-corrected chi connectivity index (χ4v) is 4.13. The molecule has 2 saturated heterocycles. The minimum Gasteiger partial charge on any atom is -0.445 e. The third kappa shape index (κ3) is 4.04. The highest BCUT2D eigenvalue weighted by Crippen LogP contribution is 2.30. The molecule has 160 valence electrons. The van der Waals surface area contributed by atoms with Crippen LogP contribution in [0.5, 0.6) is 0 Å². The average molecular weight is 414 g/mol. The van der Waals surface area contributed by atoms with E-state index in [0.717, 1.165) is 25.9 Å². The lowest BCUT2D eigenvalue weighted by Gasteiger charge is -2.30. The van der Waals surface area contributed by atoms with E-state index in [2.05, 4.69) is 10.3 Å². The van der Waals surface area contributed by atoms with Crippen LogP contribution in [-0.2, 0) is 0 Å². The number of aryl methyl sites for hydroxylation is 1. The highest BCUT2D eigenvalue weighted by Gasteiger charge is 2.30. The molecule has 1 N–H and O–H groups in total. The second kappa shape index (κ2) is 8.45. The van der Waals surface area contributed by atoms with Crippen molar-refractivity contribution in [2.24, 2.45) is 0 Å². The summed E-state index contributed by atoms with van der Waals surface area (Å²) in [5.41, 5.74) is 1.32. The number of hydrogen-bond acceptors (Lipinski definition) is 4. The van der Waals surface area contributed by atoms with E-state index in [1.807, 2.05) is 4.90 Å². The van der Waals surface area contributed by atoms with Gasteiger partial charge >= 0.3 is 6.03 Å². The van der Waals surface area contributed by atoms with E-state index in [0.29, 0.717) is 54.5 Å². The Morgan fingerprint density at radius 1 is 1.10 bits per heavy atom. The van der Waals surface area contributed by atoms with Crippen LogP contribution in [0.25, 0.3) is 0 Å². The first-order valence-corrected chi connectivity index (χ1v) is 10.5. The van der Waals surface area contributed by atoms with Crippen molar-refractivity contribution >= 4 is 17.6 Å². The molecule has 0 atom stereocenters. The van der Waals surface area contributed by atoms with Gasteiger partial charge in [0.2, 0.25) is 0 Å². The number of carbonyl (C=O) groups is 2. The van der Waals surface area contributed by atoms with Crippen LogP contribution >= 0.6 is 0 Å². The first kappa shape index (κ1) is 20.4. The largest absolute Gasteiger partial charge is 0.445 e. The molecule has 2 aliphatic heterocycles. The Morgan fingerprint density at radius 3 is 2.50 bits per heavy atom. The van der Waals surface area contributed by atoms with Gasteiger partial charge in [0, 0.05) is 43.3 Å². The SMILES string of the molecule is Cc1oc(C2CCN(C(=O)Nc3cccc(F)c3C)CC2)nc1C(=O)N1CCCC1. The summed E-state index contributed by atoms with van der Waals surface area (Å²) in [7, 11) is 0. The van der Waals surface area contributed by atoms with Crippen molar-refractivity contribution in [1.82, 2.24) is 14.8 Å². The number of aromatic nitrogens is 1. The van der Waals surface area contributed by atoms with Gasteiger partial charge in [0.25, 0.3) is 5.91 Å². The molecule has 0 aliphatic carbocycles. The van der Waals surface area contributed by atoms with Crippen molar-refractivity contribution < 1.29 is 18.4 Å². The lowest BCUT2D eigenvalue weighted by Crippen LogP contribution is -2.40. The zero-order valence-electron chi connectivity index (χ0n) is 17.4. The van der Waals surface area contributed by atoms with Gasteiger partial charge < -0.3 is 19.5 Å². The Kier molecular flexibility index (Phi) is 5.74. The monoisotopic (exact) mass is 414 g/mol. The van der Waals surface area contributed by atoms with Crippen molar-refractivity contribution in [3.05, 3.63) is 46.9 Å². The molecule has 3 heterocycles. The molecule has 0 unspecified atom stereocenters. The molecule has 1 aromatic heterocycles. The van der Waals surface area contributed by atoms with E-state index in [1.165, 1.54) is 6.07 Å². The smallest absolute Gasteiger partial charge is 0.321 e. The first-order chi connectivity index (χ1) is 14.4. The summed E-state index contributed by atoms with van der Waals surface area (Å²) in [5, 5.41) is 2.79. The molecule has 0 saturated carbocycles. The zero-order chi connectivity index (χ0) is 21.3. The number of carbonyl (C=O) groups excluding carboxylic acids is 2. The number of likely N-dealkylation sites (tertiary alicyclic amines) is 2. The standard InChI is InChI=1S/C22H27FN4O3/c1-14-17(23)6-5-7-18(14)24-22(29)27-12-8-16(9-13-27)20-25-19(15(2)30-20)21(28)26-10-3-4-11-26/h5-7,16H,3-4,8-13H2,1-2H3,(H,24,29). The summed E-state index contributed by atoms with van der Waals surface area (Å²) in [5.74, 6) is 0.816. The molecule has 30 heavy (non-hydrogen) atoms. The number of nitrogens with one attached hydrogen (secondary N) is 1. The minimum absolute atomic E-state index is 0.0534. The Balaban J connectivity index is 1.36. The normalized spacial score (nSPS) is 17.4. The van der Waals surface area contributed by atoms with E-state index in [-0.39, 0.29) is 23.7 Å². The maximum absolute atomic E-state index is 13.7. The number of urea groups is 1. The van der Waals surface area contributed by atoms with Crippen LogP contribution in [0, 0.1) is 19.7 Å². The molecule has 2 aromatic rings. The van der Waals surface area contributed by atoms with Crippen molar-refractivity contribution in [2.45, 2.75) is 45.4 Å². The Hall–Kier alpha value is -2.90. The summed E-state index contributed by atoms with van der Waals surface area (Å²) < 4.78 is 19.5. The van der Waals surface area contributed by atoms with Crippen molar-refractivity contribution in [3.8, 4) is 0 Å². The second-order valence-corrected chi connectivity index (χ2v) is 8.06. The summed E-state index contributed by atoms with van der Waals surface area (Å²) in [4.78, 5) is 33.3. The van der Waals surface area contributed by atoms with Crippen LogP contribution in [0.1, 0.15) is 59.3 Å². The quantitative estimate of drug-likeness (QED) is 0.821. The molecule has 0 spiro atoms. The van der Waals surface area contributed by atoms with Crippen LogP contribution in [0.3, 0.4) is 0 Å². The average Bonchev–Trinajstić information content (AvgIpc) is 3.41. The van der Waals surface area contributed by atoms with Crippen molar-refractivity contribution in [2.75, 3.05) is 31.5 Å². The topological polar surface area (TPSA) is 78.7 Å². The number of rotatable bonds is 3. The van der Waals surface area contributed by atoms with Gasteiger partial charge in [0.05, 0.1) is 0 Å². The number of hydrogen-bond donors (Lipinski definition) is 1. The highest BCUT2D eigenvalue weighted by molar-refractivity contribution is 5.93. The first-order valence-electron chi connectivity index (χ1n) is 10.5. The lowest BCUT2D eigenvalue weighted by molar-refractivity contribution is 0.0786. The molecule has 0 radical (unpaired) electrons. The maximum atomic E-state index is 13.7. The van der Waals surface area contributed by atoms with Gasteiger partial charge in [-0.05, 0) is 51.7 Å². The fraction of sp³-hybridized carbons (Fsp3) is 0.500. The van der Waals surface area contributed by atoms with Gasteiger partial charge in [-0.15, -0.1) is 0 Å². The third-order valence-electron chi connectivity index (χ3n) is 6.05. The number of anilines is 1. The van der Waals surface area contributed by atoms with Gasteiger partial charge in [-0.3, -0.25) is 4.79 Å². The predicted molar refractivity (Wildman–Crippen MR) is 110 cm³/mol. The second-order valence-electron chi connectivity index (χ2n) is 8.06. The molecule has 8 heteroatoms. The summed E-state index contributed by atoms with van der Waals surface area (Å²) in [6.45, 7) is 6.06. The number of amides is 3. The number of halogens is 1. The van der Waals surface area contributed by atoms with E-state index >= 15 is 0 Å². The van der Waals surface area contributed by atoms with Gasteiger partial charge in [-0.2, -0.15) is 0 Å². The summed E-state index contributed by atoms with van der Waals surface area (Å²) in [6, 6.07) is 4.40. The lowest BCUT2D eigenvalue weighted by atomic mass is 9.97. The Labute approximate surface area is 175 Å². The number of nitrogens with zero attached hydrogens (tertiary/aromatic N) is 3. The molecule has 0 bridgehead atoms. The molecule has 2 fully saturated rings. The molecule has 4 rings (SSSR count). The Morgan fingerprint density at radius 2 is 1.80 bits per heavy atom. The van der Waals surface area contributed by atoms with E-state index in [4.69, 9.17) is 4.42 Å². The minimum atomic E-state index is -0.343. The predicted octanol–water partition coefficient (Wildman–Crippen LogP) is 4.08. The van der Waals surface area contributed by atoms with E-state index in [9.17, 15) is 14.0 Å². The number of piperidine rings is 1. The van der Waals surface area contributed by atoms with Gasteiger partial charge in [0.15, 0.2) is 11.6 Å². The number of oxazole rings is 1. The molecular weight excluding hydrogens is 387 g/mol. The summed E-state index contributed by atoms with van der Waals surface area (Å²) >= 11 is 0. The van der Waals surface area contributed by atoms with Crippen LogP contribution in [0.4, 0.5) is 14.9 Å². The van der Waals surface area contributed by atoms with E-state index in [1.54, 1.807) is 30.9 Å². The maximum Gasteiger partial charge on any atom is 0.321 e. The number of benzene rings is 1. The molecular formula is C22H27FN4O3. The fourth-order valence-electron chi connectivity index (χ4n) is 4.13. The van der Waals surface area contributed by atoms with Crippen LogP contribution < -0.4 is 5.32 Å².